The first-order chi connectivity index (χ1) is 12.4. The standard InChI is InChI=1S/C18H20FN3O3S/c1-11-5-6-13(10-14(11)19)17(24)21-8-7-20-16(23)12(2)22-18(25)15-4-3-9-26-15/h3-6,9-10,12H,7-8H2,1-2H3,(H,20,23)(H,21,24)(H,22,25). The molecule has 0 saturated heterocycles. The van der Waals surface area contributed by atoms with Gasteiger partial charge in [-0.05, 0) is 43.0 Å². The van der Waals surface area contributed by atoms with Crippen molar-refractivity contribution in [3.63, 3.8) is 0 Å². The first-order valence-electron chi connectivity index (χ1n) is 8.05. The Morgan fingerprint density at radius 3 is 2.50 bits per heavy atom. The Hall–Kier alpha value is -2.74. The molecule has 1 unspecified atom stereocenters. The molecule has 0 aliphatic heterocycles. The van der Waals surface area contributed by atoms with E-state index >= 15 is 0 Å². The van der Waals surface area contributed by atoms with Crippen molar-refractivity contribution in [3.05, 3.63) is 57.5 Å². The summed E-state index contributed by atoms with van der Waals surface area (Å²) in [6.45, 7) is 3.57. The third-order valence-electron chi connectivity index (χ3n) is 3.63. The minimum atomic E-state index is -0.702. The average molecular weight is 377 g/mol. The van der Waals surface area contributed by atoms with E-state index in [1.165, 1.54) is 29.5 Å². The van der Waals surface area contributed by atoms with E-state index in [0.717, 1.165) is 0 Å². The summed E-state index contributed by atoms with van der Waals surface area (Å²) in [5.74, 6) is -1.53. The molecular weight excluding hydrogens is 357 g/mol. The molecule has 0 bridgehead atoms. The van der Waals surface area contributed by atoms with Gasteiger partial charge in [0.05, 0.1) is 4.88 Å². The summed E-state index contributed by atoms with van der Waals surface area (Å²) in [5.41, 5.74) is 0.684. The van der Waals surface area contributed by atoms with Crippen LogP contribution < -0.4 is 16.0 Å². The molecule has 138 valence electrons. The van der Waals surface area contributed by atoms with Crippen molar-refractivity contribution < 1.29 is 18.8 Å². The maximum absolute atomic E-state index is 13.5. The summed E-state index contributed by atoms with van der Waals surface area (Å²) in [6, 6.07) is 6.97. The zero-order valence-corrected chi connectivity index (χ0v) is 15.3. The van der Waals surface area contributed by atoms with Gasteiger partial charge >= 0.3 is 0 Å². The monoisotopic (exact) mass is 377 g/mol. The fourth-order valence-corrected chi connectivity index (χ4v) is 2.72. The lowest BCUT2D eigenvalue weighted by Gasteiger charge is -2.14. The second-order valence-corrected chi connectivity index (χ2v) is 6.63. The lowest BCUT2D eigenvalue weighted by Crippen LogP contribution is -2.46. The lowest BCUT2D eigenvalue weighted by atomic mass is 10.1. The SMILES string of the molecule is Cc1ccc(C(=O)NCCNC(=O)C(C)NC(=O)c2cccs2)cc1F. The minimum Gasteiger partial charge on any atom is -0.353 e. The van der Waals surface area contributed by atoms with Crippen molar-refractivity contribution in [3.8, 4) is 0 Å². The van der Waals surface area contributed by atoms with Crippen LogP contribution in [0.2, 0.25) is 0 Å². The van der Waals surface area contributed by atoms with Gasteiger partial charge in [-0.1, -0.05) is 12.1 Å². The number of nitrogens with one attached hydrogen (secondary N) is 3. The van der Waals surface area contributed by atoms with Gasteiger partial charge in [0.1, 0.15) is 11.9 Å². The minimum absolute atomic E-state index is 0.186. The van der Waals surface area contributed by atoms with Gasteiger partial charge in [-0.25, -0.2) is 4.39 Å². The number of aryl methyl sites for hydroxylation is 1. The maximum atomic E-state index is 13.5. The number of hydrogen-bond acceptors (Lipinski definition) is 4. The molecule has 3 N–H and O–H groups in total. The van der Waals surface area contributed by atoms with Crippen molar-refractivity contribution in [1.29, 1.82) is 0 Å². The quantitative estimate of drug-likeness (QED) is 0.644. The Morgan fingerprint density at radius 2 is 1.85 bits per heavy atom. The highest BCUT2D eigenvalue weighted by Gasteiger charge is 2.16. The van der Waals surface area contributed by atoms with Gasteiger partial charge in [-0.2, -0.15) is 0 Å². The molecule has 0 aliphatic rings. The smallest absolute Gasteiger partial charge is 0.261 e. The highest BCUT2D eigenvalue weighted by molar-refractivity contribution is 7.12. The van der Waals surface area contributed by atoms with E-state index in [1.807, 2.05) is 0 Å². The second-order valence-electron chi connectivity index (χ2n) is 5.68. The zero-order chi connectivity index (χ0) is 19.1. The molecule has 0 radical (unpaired) electrons. The third kappa shape index (κ3) is 5.38. The molecule has 1 aromatic carbocycles. The van der Waals surface area contributed by atoms with Crippen LogP contribution in [0.4, 0.5) is 4.39 Å². The maximum Gasteiger partial charge on any atom is 0.261 e. The Kier molecular flexibility index (Phi) is 6.85. The first kappa shape index (κ1) is 19.6. The normalized spacial score (nSPS) is 11.5. The van der Waals surface area contributed by atoms with Crippen LogP contribution in [0.25, 0.3) is 0 Å². The Balaban J connectivity index is 1.71. The van der Waals surface area contributed by atoms with E-state index < -0.39 is 17.8 Å². The van der Waals surface area contributed by atoms with E-state index in [1.54, 1.807) is 31.4 Å². The number of hydrogen-bond donors (Lipinski definition) is 3. The predicted octanol–water partition coefficient (Wildman–Crippen LogP) is 1.86. The number of halogens is 1. The summed E-state index contributed by atoms with van der Waals surface area (Å²) in [5, 5.41) is 9.60. The molecule has 3 amide bonds. The number of carbonyl (C=O) groups is 3. The van der Waals surface area contributed by atoms with Gasteiger partial charge in [-0.15, -0.1) is 11.3 Å². The molecule has 6 nitrogen and oxygen atoms in total. The molecule has 0 aliphatic carbocycles. The summed E-state index contributed by atoms with van der Waals surface area (Å²) in [4.78, 5) is 36.3. The Labute approximate surface area is 154 Å². The first-order valence-corrected chi connectivity index (χ1v) is 8.93. The largest absolute Gasteiger partial charge is 0.353 e. The van der Waals surface area contributed by atoms with Crippen LogP contribution in [0, 0.1) is 12.7 Å². The van der Waals surface area contributed by atoms with Gasteiger partial charge < -0.3 is 16.0 Å². The van der Waals surface area contributed by atoms with E-state index in [0.29, 0.717) is 10.4 Å². The predicted molar refractivity (Wildman–Crippen MR) is 97.7 cm³/mol. The highest BCUT2D eigenvalue weighted by atomic mass is 32.1. The van der Waals surface area contributed by atoms with Gasteiger partial charge in [0, 0.05) is 18.7 Å². The van der Waals surface area contributed by atoms with E-state index in [9.17, 15) is 18.8 Å². The van der Waals surface area contributed by atoms with Crippen molar-refractivity contribution in [2.45, 2.75) is 19.9 Å². The van der Waals surface area contributed by atoms with Crippen LogP contribution in [0.1, 0.15) is 32.5 Å². The highest BCUT2D eigenvalue weighted by Crippen LogP contribution is 2.09. The van der Waals surface area contributed by atoms with Crippen LogP contribution in [0.5, 0.6) is 0 Å². The molecule has 2 rings (SSSR count). The second kappa shape index (κ2) is 9.10. The van der Waals surface area contributed by atoms with Crippen LogP contribution >= 0.6 is 11.3 Å². The number of thiophene rings is 1. The van der Waals surface area contributed by atoms with Crippen molar-refractivity contribution in [1.82, 2.24) is 16.0 Å². The van der Waals surface area contributed by atoms with Crippen molar-refractivity contribution in [2.75, 3.05) is 13.1 Å². The molecule has 1 atom stereocenters. The fraction of sp³-hybridized carbons (Fsp3) is 0.278. The van der Waals surface area contributed by atoms with Crippen molar-refractivity contribution in [2.24, 2.45) is 0 Å². The summed E-state index contributed by atoms with van der Waals surface area (Å²) < 4.78 is 13.5. The molecule has 8 heteroatoms. The summed E-state index contributed by atoms with van der Waals surface area (Å²) in [7, 11) is 0. The molecule has 0 fully saturated rings. The fourth-order valence-electron chi connectivity index (χ4n) is 2.09. The van der Waals surface area contributed by atoms with Crippen LogP contribution in [0.3, 0.4) is 0 Å². The van der Waals surface area contributed by atoms with Gasteiger partial charge in [0.15, 0.2) is 0 Å². The van der Waals surface area contributed by atoms with Gasteiger partial charge in [0.2, 0.25) is 5.91 Å². The average Bonchev–Trinajstić information content (AvgIpc) is 3.15. The third-order valence-corrected chi connectivity index (χ3v) is 4.50. The molecule has 1 aromatic heterocycles. The Bertz CT molecular complexity index is 793. The van der Waals surface area contributed by atoms with Crippen molar-refractivity contribution >= 4 is 29.1 Å². The molecule has 0 saturated carbocycles. The van der Waals surface area contributed by atoms with E-state index in [2.05, 4.69) is 16.0 Å². The van der Waals surface area contributed by atoms with Crippen LogP contribution in [-0.4, -0.2) is 36.9 Å². The molecule has 2 aromatic rings. The number of amides is 3. The van der Waals surface area contributed by atoms with E-state index in [4.69, 9.17) is 0 Å². The molecular formula is C18H20FN3O3S. The molecule has 1 heterocycles. The number of benzene rings is 1. The topological polar surface area (TPSA) is 87.3 Å². The van der Waals surface area contributed by atoms with E-state index in [-0.39, 0.29) is 30.5 Å². The summed E-state index contributed by atoms with van der Waals surface area (Å²) in [6.07, 6.45) is 0. The van der Waals surface area contributed by atoms with Gasteiger partial charge in [-0.3, -0.25) is 14.4 Å². The van der Waals surface area contributed by atoms with Crippen LogP contribution in [-0.2, 0) is 4.79 Å². The lowest BCUT2D eigenvalue weighted by molar-refractivity contribution is -0.122. The number of carbonyl (C=O) groups excluding carboxylic acids is 3. The number of rotatable bonds is 7. The Morgan fingerprint density at radius 1 is 1.12 bits per heavy atom. The molecule has 26 heavy (non-hydrogen) atoms. The zero-order valence-electron chi connectivity index (χ0n) is 14.5. The van der Waals surface area contributed by atoms with Gasteiger partial charge in [0.25, 0.3) is 11.8 Å². The molecule has 0 spiro atoms. The summed E-state index contributed by atoms with van der Waals surface area (Å²) >= 11 is 1.29. The van der Waals surface area contributed by atoms with Crippen LogP contribution in [0.15, 0.2) is 35.7 Å².